The van der Waals surface area contributed by atoms with Crippen molar-refractivity contribution in [2.45, 2.75) is 12.5 Å². The summed E-state index contributed by atoms with van der Waals surface area (Å²) in [5, 5.41) is 9.79. The second kappa shape index (κ2) is 5.38. The van der Waals surface area contributed by atoms with Gasteiger partial charge in [0.1, 0.15) is 17.9 Å². The molecule has 0 bridgehead atoms. The van der Waals surface area contributed by atoms with Crippen molar-refractivity contribution in [3.63, 3.8) is 0 Å². The quantitative estimate of drug-likeness (QED) is 0.768. The van der Waals surface area contributed by atoms with E-state index in [0.29, 0.717) is 30.5 Å². The summed E-state index contributed by atoms with van der Waals surface area (Å²) >= 11 is 0. The summed E-state index contributed by atoms with van der Waals surface area (Å²) in [5.41, 5.74) is 0.663. The van der Waals surface area contributed by atoms with Crippen LogP contribution in [-0.2, 0) is 4.74 Å². The number of aromatic amines is 1. The monoisotopic (exact) mass is 303 g/mol. The van der Waals surface area contributed by atoms with Crippen LogP contribution in [0.4, 0.5) is 10.4 Å². The van der Waals surface area contributed by atoms with Crippen LogP contribution in [-0.4, -0.2) is 33.3 Å². The van der Waals surface area contributed by atoms with Gasteiger partial charge >= 0.3 is 0 Å². The maximum atomic E-state index is 13.6. The van der Waals surface area contributed by atoms with Crippen LogP contribution in [0, 0.1) is 11.7 Å². The molecule has 0 amide bonds. The van der Waals surface area contributed by atoms with Crippen LogP contribution in [0.5, 0.6) is 0 Å². The SMILES string of the molecule is Fc1cccc2nc(NC[C@@H]3CCO[C@@H]3c3ncn[nH]3)oc12. The van der Waals surface area contributed by atoms with Gasteiger partial charge in [0.25, 0.3) is 6.01 Å². The lowest BCUT2D eigenvalue weighted by molar-refractivity contribution is 0.0863. The van der Waals surface area contributed by atoms with Crippen LogP contribution in [0.3, 0.4) is 0 Å². The molecule has 3 heterocycles. The third kappa shape index (κ3) is 2.31. The number of para-hydroxylation sites is 1. The lowest BCUT2D eigenvalue weighted by atomic mass is 10.0. The average molecular weight is 303 g/mol. The number of halogens is 1. The highest BCUT2D eigenvalue weighted by Crippen LogP contribution is 2.32. The Bertz CT molecular complexity index is 773. The Morgan fingerprint density at radius 2 is 2.36 bits per heavy atom. The number of fused-ring (bicyclic) bond motifs is 1. The van der Waals surface area contributed by atoms with E-state index in [2.05, 4.69) is 25.5 Å². The van der Waals surface area contributed by atoms with Crippen LogP contribution < -0.4 is 5.32 Å². The number of ether oxygens (including phenoxy) is 1. The van der Waals surface area contributed by atoms with Gasteiger partial charge in [0.05, 0.1) is 0 Å². The normalized spacial score (nSPS) is 21.5. The molecule has 8 heteroatoms. The number of rotatable bonds is 4. The number of aromatic nitrogens is 4. The van der Waals surface area contributed by atoms with Crippen LogP contribution in [0.25, 0.3) is 11.1 Å². The Kier molecular flexibility index (Phi) is 3.23. The molecule has 1 aliphatic rings. The molecule has 0 radical (unpaired) electrons. The molecule has 1 aromatic carbocycles. The van der Waals surface area contributed by atoms with Crippen LogP contribution >= 0.6 is 0 Å². The smallest absolute Gasteiger partial charge is 0.295 e. The highest BCUT2D eigenvalue weighted by molar-refractivity contribution is 5.74. The van der Waals surface area contributed by atoms with Crippen molar-refractivity contribution in [1.82, 2.24) is 20.2 Å². The molecule has 1 aliphatic heterocycles. The number of benzene rings is 1. The Hall–Kier alpha value is -2.48. The summed E-state index contributed by atoms with van der Waals surface area (Å²) in [6.45, 7) is 1.26. The first-order chi connectivity index (χ1) is 10.8. The van der Waals surface area contributed by atoms with Gasteiger partial charge in [0.15, 0.2) is 17.2 Å². The van der Waals surface area contributed by atoms with Gasteiger partial charge in [-0.1, -0.05) is 6.07 Å². The van der Waals surface area contributed by atoms with Gasteiger partial charge in [0.2, 0.25) is 0 Å². The molecule has 0 aliphatic carbocycles. The van der Waals surface area contributed by atoms with Crippen molar-refractivity contribution in [2.75, 3.05) is 18.5 Å². The topological polar surface area (TPSA) is 88.9 Å². The number of nitrogens with zero attached hydrogens (tertiary/aromatic N) is 3. The second-order valence-corrected chi connectivity index (χ2v) is 5.20. The van der Waals surface area contributed by atoms with Crippen molar-refractivity contribution in [2.24, 2.45) is 5.92 Å². The first kappa shape index (κ1) is 13.2. The van der Waals surface area contributed by atoms with E-state index >= 15 is 0 Å². The minimum absolute atomic E-state index is 0.129. The fourth-order valence-electron chi connectivity index (χ4n) is 2.71. The molecule has 2 aromatic heterocycles. The highest BCUT2D eigenvalue weighted by Gasteiger charge is 2.31. The molecular formula is C14H14FN5O2. The Morgan fingerprint density at radius 1 is 1.41 bits per heavy atom. The zero-order valence-corrected chi connectivity index (χ0v) is 11.6. The van der Waals surface area contributed by atoms with E-state index < -0.39 is 5.82 Å². The Morgan fingerprint density at radius 3 is 3.18 bits per heavy atom. The zero-order valence-electron chi connectivity index (χ0n) is 11.6. The minimum Gasteiger partial charge on any atom is -0.420 e. The van der Waals surface area contributed by atoms with Gasteiger partial charge in [0, 0.05) is 19.1 Å². The first-order valence-corrected chi connectivity index (χ1v) is 7.07. The summed E-state index contributed by atoms with van der Waals surface area (Å²) in [5.74, 6) is 0.516. The predicted octanol–water partition coefficient (Wildman–Crippen LogP) is 2.27. The summed E-state index contributed by atoms with van der Waals surface area (Å²) in [6, 6.07) is 4.98. The van der Waals surface area contributed by atoms with Crippen molar-refractivity contribution in [3.8, 4) is 0 Å². The minimum atomic E-state index is -0.415. The summed E-state index contributed by atoms with van der Waals surface area (Å²) in [6.07, 6.45) is 2.23. The number of nitrogens with one attached hydrogen (secondary N) is 2. The summed E-state index contributed by atoms with van der Waals surface area (Å²) in [4.78, 5) is 8.37. The number of oxazole rings is 1. The fraction of sp³-hybridized carbons (Fsp3) is 0.357. The van der Waals surface area contributed by atoms with E-state index in [9.17, 15) is 4.39 Å². The molecule has 0 unspecified atom stereocenters. The van der Waals surface area contributed by atoms with Crippen molar-refractivity contribution in [3.05, 3.63) is 36.2 Å². The zero-order chi connectivity index (χ0) is 14.9. The lowest BCUT2D eigenvalue weighted by Crippen LogP contribution is -2.18. The maximum Gasteiger partial charge on any atom is 0.295 e. The molecule has 4 rings (SSSR count). The molecule has 114 valence electrons. The van der Waals surface area contributed by atoms with Crippen molar-refractivity contribution >= 4 is 17.1 Å². The Balaban J connectivity index is 1.48. The van der Waals surface area contributed by atoms with E-state index in [4.69, 9.17) is 9.15 Å². The molecule has 2 N–H and O–H groups in total. The van der Waals surface area contributed by atoms with E-state index in [1.165, 1.54) is 12.4 Å². The van der Waals surface area contributed by atoms with E-state index in [-0.39, 0.29) is 17.6 Å². The molecule has 22 heavy (non-hydrogen) atoms. The lowest BCUT2D eigenvalue weighted by Gasteiger charge is -2.15. The van der Waals surface area contributed by atoms with Gasteiger partial charge in [-0.05, 0) is 18.6 Å². The number of H-pyrrole nitrogens is 1. The molecule has 1 fully saturated rings. The van der Waals surface area contributed by atoms with Crippen molar-refractivity contribution < 1.29 is 13.5 Å². The third-order valence-electron chi connectivity index (χ3n) is 3.80. The number of anilines is 1. The van der Waals surface area contributed by atoms with Gasteiger partial charge in [-0.25, -0.2) is 9.37 Å². The summed E-state index contributed by atoms with van der Waals surface area (Å²) < 4.78 is 24.7. The van der Waals surface area contributed by atoms with Gasteiger partial charge in [-0.15, -0.1) is 0 Å². The van der Waals surface area contributed by atoms with Crippen LogP contribution in [0.15, 0.2) is 28.9 Å². The molecule has 1 saturated heterocycles. The Labute approximate surface area is 124 Å². The maximum absolute atomic E-state index is 13.6. The van der Waals surface area contributed by atoms with Crippen molar-refractivity contribution in [1.29, 1.82) is 0 Å². The standard InChI is InChI=1S/C14H14FN5O2/c15-9-2-1-3-10-12(9)22-14(19-10)16-6-8-4-5-21-11(8)13-17-7-18-20-13/h1-3,7-8,11H,4-6H2,(H,16,19)(H,17,18,20)/t8-,11-/m0/s1. The predicted molar refractivity (Wildman–Crippen MR) is 75.6 cm³/mol. The van der Waals surface area contributed by atoms with Crippen LogP contribution in [0.2, 0.25) is 0 Å². The fourth-order valence-corrected chi connectivity index (χ4v) is 2.71. The highest BCUT2D eigenvalue weighted by atomic mass is 19.1. The van der Waals surface area contributed by atoms with Crippen LogP contribution in [0.1, 0.15) is 18.3 Å². The molecule has 0 spiro atoms. The second-order valence-electron chi connectivity index (χ2n) is 5.20. The average Bonchev–Trinajstić information content (AvgIpc) is 3.25. The van der Waals surface area contributed by atoms with Gasteiger partial charge in [-0.3, -0.25) is 5.10 Å². The molecule has 3 aromatic rings. The van der Waals surface area contributed by atoms with E-state index in [1.54, 1.807) is 12.1 Å². The molecule has 7 nitrogen and oxygen atoms in total. The largest absolute Gasteiger partial charge is 0.420 e. The number of hydrogen-bond acceptors (Lipinski definition) is 6. The summed E-state index contributed by atoms with van der Waals surface area (Å²) in [7, 11) is 0. The first-order valence-electron chi connectivity index (χ1n) is 7.07. The third-order valence-corrected chi connectivity index (χ3v) is 3.80. The number of hydrogen-bond donors (Lipinski definition) is 2. The van der Waals surface area contributed by atoms with Gasteiger partial charge in [-0.2, -0.15) is 10.1 Å². The van der Waals surface area contributed by atoms with Gasteiger partial charge < -0.3 is 14.5 Å². The molecule has 2 atom stereocenters. The van der Waals surface area contributed by atoms with E-state index in [1.807, 2.05) is 0 Å². The molecule has 0 saturated carbocycles. The van der Waals surface area contributed by atoms with E-state index in [0.717, 1.165) is 6.42 Å². The molecular weight excluding hydrogens is 289 g/mol.